The van der Waals surface area contributed by atoms with Crippen LogP contribution in [0.3, 0.4) is 0 Å². The van der Waals surface area contributed by atoms with Gasteiger partial charge in [-0.05, 0) is 24.6 Å². The second-order valence-corrected chi connectivity index (χ2v) is 6.51. The molecular weight excluding hydrogens is 288 g/mol. The Kier molecular flexibility index (Phi) is 4.37. The fourth-order valence-corrected chi connectivity index (χ4v) is 1.96. The number of amides is 1. The third-order valence-electron chi connectivity index (χ3n) is 3.22. The molecule has 1 aromatic heterocycles. The van der Waals surface area contributed by atoms with Crippen molar-refractivity contribution in [3.05, 3.63) is 52.4 Å². The van der Waals surface area contributed by atoms with Crippen LogP contribution in [0.1, 0.15) is 55.5 Å². The zero-order valence-electron chi connectivity index (χ0n) is 12.6. The van der Waals surface area contributed by atoms with Crippen LogP contribution in [0.4, 0.5) is 0 Å². The van der Waals surface area contributed by atoms with E-state index in [1.807, 2.05) is 39.8 Å². The summed E-state index contributed by atoms with van der Waals surface area (Å²) >= 11 is 5.85. The van der Waals surface area contributed by atoms with Crippen LogP contribution < -0.4 is 5.32 Å². The summed E-state index contributed by atoms with van der Waals surface area (Å²) < 4.78 is 5.13. The van der Waals surface area contributed by atoms with Gasteiger partial charge in [-0.3, -0.25) is 4.79 Å². The van der Waals surface area contributed by atoms with Gasteiger partial charge in [0.05, 0.1) is 11.7 Å². The Morgan fingerprint density at radius 2 is 1.90 bits per heavy atom. The second kappa shape index (κ2) is 5.90. The number of nitrogens with one attached hydrogen (secondary N) is 1. The molecule has 0 unspecified atom stereocenters. The Labute approximate surface area is 129 Å². The molecule has 1 N–H and O–H groups in total. The Hall–Kier alpha value is -1.81. The lowest BCUT2D eigenvalue weighted by Gasteiger charge is -2.13. The first-order valence-electron chi connectivity index (χ1n) is 6.81. The number of halogens is 1. The summed E-state index contributed by atoms with van der Waals surface area (Å²) in [6.07, 6.45) is 0. The number of hydrogen-bond donors (Lipinski definition) is 1. The van der Waals surface area contributed by atoms with Crippen LogP contribution in [0.2, 0.25) is 5.02 Å². The second-order valence-electron chi connectivity index (χ2n) is 6.07. The van der Waals surface area contributed by atoms with E-state index in [9.17, 15) is 4.79 Å². The van der Waals surface area contributed by atoms with Gasteiger partial charge in [0, 0.05) is 16.5 Å². The van der Waals surface area contributed by atoms with Crippen molar-refractivity contribution in [3.63, 3.8) is 0 Å². The first-order chi connectivity index (χ1) is 9.77. The number of benzene rings is 1. The highest BCUT2D eigenvalue weighted by Gasteiger charge is 2.22. The summed E-state index contributed by atoms with van der Waals surface area (Å²) in [5, 5.41) is 7.50. The average molecular weight is 307 g/mol. The molecule has 0 aliphatic heterocycles. The van der Waals surface area contributed by atoms with E-state index in [4.69, 9.17) is 16.1 Å². The molecule has 0 aliphatic rings. The highest BCUT2D eigenvalue weighted by atomic mass is 35.5. The number of carbonyl (C=O) groups excluding carboxylic acids is 1. The summed E-state index contributed by atoms with van der Waals surface area (Å²) in [5.74, 6) is -0.0545. The lowest BCUT2D eigenvalue weighted by molar-refractivity contribution is 0.0902. The topological polar surface area (TPSA) is 55.1 Å². The highest BCUT2D eigenvalue weighted by Crippen LogP contribution is 2.22. The molecule has 5 heteroatoms. The lowest BCUT2D eigenvalue weighted by atomic mass is 9.92. The molecule has 1 amide bonds. The highest BCUT2D eigenvalue weighted by molar-refractivity contribution is 6.30. The zero-order chi connectivity index (χ0) is 15.6. The minimum atomic E-state index is -0.277. The van der Waals surface area contributed by atoms with Crippen molar-refractivity contribution in [1.29, 1.82) is 0 Å². The van der Waals surface area contributed by atoms with Crippen molar-refractivity contribution in [1.82, 2.24) is 10.5 Å². The van der Waals surface area contributed by atoms with E-state index in [2.05, 4.69) is 10.5 Å². The molecule has 112 valence electrons. The van der Waals surface area contributed by atoms with Gasteiger partial charge < -0.3 is 9.84 Å². The Morgan fingerprint density at radius 1 is 1.29 bits per heavy atom. The van der Waals surface area contributed by atoms with Crippen molar-refractivity contribution in [2.75, 3.05) is 0 Å². The molecule has 0 aliphatic carbocycles. The normalized spacial score (nSPS) is 13.0. The van der Waals surface area contributed by atoms with Gasteiger partial charge in [0.25, 0.3) is 5.91 Å². The third kappa shape index (κ3) is 3.85. The standard InChI is InChI=1S/C16H19ClN2O2/c1-10(11-5-7-12(17)8-6-11)18-15(20)13-9-14(19-21-13)16(2,3)4/h5-10H,1-4H3,(H,18,20)/t10-/m1/s1. The molecular formula is C16H19ClN2O2. The molecule has 0 spiro atoms. The van der Waals surface area contributed by atoms with Crippen LogP contribution in [0.25, 0.3) is 0 Å². The summed E-state index contributed by atoms with van der Waals surface area (Å²) in [7, 11) is 0. The number of carbonyl (C=O) groups is 1. The lowest BCUT2D eigenvalue weighted by Crippen LogP contribution is -2.26. The van der Waals surface area contributed by atoms with Crippen molar-refractivity contribution in [3.8, 4) is 0 Å². The predicted molar refractivity (Wildman–Crippen MR) is 82.5 cm³/mol. The summed E-state index contributed by atoms with van der Waals surface area (Å²) in [6, 6.07) is 8.90. The van der Waals surface area contributed by atoms with Gasteiger partial charge in [0.2, 0.25) is 5.76 Å². The van der Waals surface area contributed by atoms with Crippen molar-refractivity contribution in [2.24, 2.45) is 0 Å². The zero-order valence-corrected chi connectivity index (χ0v) is 13.4. The largest absolute Gasteiger partial charge is 0.351 e. The summed E-state index contributed by atoms with van der Waals surface area (Å²) in [5.41, 5.74) is 1.58. The van der Waals surface area contributed by atoms with Gasteiger partial charge in [-0.1, -0.05) is 49.7 Å². The van der Waals surface area contributed by atoms with Crippen molar-refractivity contribution >= 4 is 17.5 Å². The van der Waals surface area contributed by atoms with Crippen LogP contribution in [0.5, 0.6) is 0 Å². The quantitative estimate of drug-likeness (QED) is 0.928. The van der Waals surface area contributed by atoms with E-state index in [1.165, 1.54) is 0 Å². The van der Waals surface area contributed by atoms with Crippen molar-refractivity contribution in [2.45, 2.75) is 39.2 Å². The molecule has 2 rings (SSSR count). The third-order valence-corrected chi connectivity index (χ3v) is 3.47. The molecule has 0 saturated heterocycles. The Balaban J connectivity index is 2.07. The maximum absolute atomic E-state index is 12.2. The first-order valence-corrected chi connectivity index (χ1v) is 7.18. The van der Waals surface area contributed by atoms with Gasteiger partial charge in [0.15, 0.2) is 0 Å². The monoisotopic (exact) mass is 306 g/mol. The van der Waals surface area contributed by atoms with Crippen LogP contribution in [0.15, 0.2) is 34.9 Å². The van der Waals surface area contributed by atoms with Gasteiger partial charge in [-0.2, -0.15) is 0 Å². The molecule has 1 aromatic carbocycles. The number of rotatable bonds is 3. The smallest absolute Gasteiger partial charge is 0.290 e. The average Bonchev–Trinajstić information content (AvgIpc) is 2.88. The molecule has 0 radical (unpaired) electrons. The van der Waals surface area contributed by atoms with E-state index in [1.54, 1.807) is 18.2 Å². The van der Waals surface area contributed by atoms with Crippen molar-refractivity contribution < 1.29 is 9.32 Å². The Bertz CT molecular complexity index is 626. The number of nitrogens with zero attached hydrogens (tertiary/aromatic N) is 1. The fourth-order valence-electron chi connectivity index (χ4n) is 1.84. The van der Waals surface area contributed by atoms with E-state index >= 15 is 0 Å². The molecule has 0 fully saturated rings. The minimum Gasteiger partial charge on any atom is -0.351 e. The molecule has 0 saturated carbocycles. The van der Waals surface area contributed by atoms with E-state index in [0.717, 1.165) is 11.3 Å². The van der Waals surface area contributed by atoms with Crippen LogP contribution in [-0.2, 0) is 5.41 Å². The molecule has 1 heterocycles. The van der Waals surface area contributed by atoms with Crippen LogP contribution in [-0.4, -0.2) is 11.1 Å². The molecule has 4 nitrogen and oxygen atoms in total. The fraction of sp³-hybridized carbons (Fsp3) is 0.375. The number of hydrogen-bond acceptors (Lipinski definition) is 3. The van der Waals surface area contributed by atoms with Gasteiger partial charge in [-0.25, -0.2) is 0 Å². The number of aromatic nitrogens is 1. The minimum absolute atomic E-state index is 0.141. The first kappa shape index (κ1) is 15.6. The molecule has 21 heavy (non-hydrogen) atoms. The van der Waals surface area contributed by atoms with E-state index in [-0.39, 0.29) is 23.1 Å². The maximum Gasteiger partial charge on any atom is 0.290 e. The van der Waals surface area contributed by atoms with Gasteiger partial charge in [0.1, 0.15) is 0 Å². The van der Waals surface area contributed by atoms with Crippen LogP contribution in [0, 0.1) is 0 Å². The summed E-state index contributed by atoms with van der Waals surface area (Å²) in [4.78, 5) is 12.2. The maximum atomic E-state index is 12.2. The molecule has 1 atom stereocenters. The SMILES string of the molecule is C[C@@H](NC(=O)c1cc(C(C)(C)C)no1)c1ccc(Cl)cc1. The Morgan fingerprint density at radius 3 is 2.43 bits per heavy atom. The van der Waals surface area contributed by atoms with E-state index < -0.39 is 0 Å². The van der Waals surface area contributed by atoms with E-state index in [0.29, 0.717) is 5.02 Å². The summed E-state index contributed by atoms with van der Waals surface area (Å²) in [6.45, 7) is 7.96. The van der Waals surface area contributed by atoms with Gasteiger partial charge >= 0.3 is 0 Å². The molecule has 0 bridgehead atoms. The van der Waals surface area contributed by atoms with Crippen LogP contribution >= 0.6 is 11.6 Å². The predicted octanol–water partition coefficient (Wildman–Crippen LogP) is 4.12. The molecule has 2 aromatic rings. The van der Waals surface area contributed by atoms with Gasteiger partial charge in [-0.15, -0.1) is 0 Å².